The van der Waals surface area contributed by atoms with Crippen LogP contribution in [0.2, 0.25) is 0 Å². The number of fused-ring (bicyclic) bond motifs is 1. The lowest BCUT2D eigenvalue weighted by Gasteiger charge is -2.33. The number of carbonyl (C=O) groups is 1. The maximum absolute atomic E-state index is 11.8. The summed E-state index contributed by atoms with van der Waals surface area (Å²) in [6.45, 7) is 3.94. The van der Waals surface area contributed by atoms with Crippen LogP contribution in [0, 0.1) is 13.8 Å². The van der Waals surface area contributed by atoms with E-state index in [0.29, 0.717) is 23.1 Å². The highest BCUT2D eigenvalue weighted by atomic mass is 32.1. The molecule has 1 atom stereocenters. The van der Waals surface area contributed by atoms with Gasteiger partial charge in [0.25, 0.3) is 0 Å². The summed E-state index contributed by atoms with van der Waals surface area (Å²) in [6, 6.07) is 14.6. The number of thiazole rings is 1. The van der Waals surface area contributed by atoms with Gasteiger partial charge in [-0.1, -0.05) is 6.07 Å². The Labute approximate surface area is 228 Å². The molecular weight excluding hydrogens is 512 g/mol. The number of hydrogen-bond donors (Lipinski definition) is 3. The minimum atomic E-state index is -1.27. The van der Waals surface area contributed by atoms with Gasteiger partial charge in [0.15, 0.2) is 0 Å². The molecule has 6 rings (SSSR count). The Hall–Kier alpha value is -4.41. The molecule has 5 aromatic rings. The lowest BCUT2D eigenvalue weighted by molar-refractivity contribution is 0.0607. The van der Waals surface area contributed by atoms with Gasteiger partial charge >= 0.3 is 5.97 Å². The molecule has 0 saturated carbocycles. The Morgan fingerprint density at radius 3 is 2.74 bits per heavy atom. The number of aryl methyl sites for hydroxylation is 3. The highest BCUT2D eigenvalue weighted by Gasteiger charge is 2.39. The zero-order chi connectivity index (χ0) is 27.1. The molecule has 0 aliphatic heterocycles. The predicted octanol–water partition coefficient (Wildman–Crippen LogP) is 5.42. The number of carboxylic acids is 1. The number of hydrogen-bond acceptors (Lipinski definition) is 8. The van der Waals surface area contributed by atoms with Gasteiger partial charge in [-0.15, -0.1) is 11.3 Å². The molecule has 39 heavy (non-hydrogen) atoms. The van der Waals surface area contributed by atoms with E-state index in [0.717, 1.165) is 51.5 Å². The molecule has 0 radical (unpaired) electrons. The average Bonchev–Trinajstić information content (AvgIpc) is 3.59. The molecule has 0 bridgehead atoms. The summed E-state index contributed by atoms with van der Waals surface area (Å²) in [5.41, 5.74) is 4.09. The van der Waals surface area contributed by atoms with Crippen molar-refractivity contribution in [2.24, 2.45) is 0 Å². The van der Waals surface area contributed by atoms with Crippen molar-refractivity contribution in [3.63, 3.8) is 0 Å². The number of nitrogens with zero attached hydrogens (tertiary/aromatic N) is 5. The van der Waals surface area contributed by atoms with Crippen LogP contribution in [0.3, 0.4) is 0 Å². The highest BCUT2D eigenvalue weighted by molar-refractivity contribution is 7.15. The van der Waals surface area contributed by atoms with Crippen molar-refractivity contribution >= 4 is 28.9 Å². The third kappa shape index (κ3) is 4.80. The lowest BCUT2D eigenvalue weighted by atomic mass is 9.79. The van der Waals surface area contributed by atoms with E-state index >= 15 is 0 Å². The van der Waals surface area contributed by atoms with Crippen molar-refractivity contribution < 1.29 is 15.0 Å². The van der Waals surface area contributed by atoms with E-state index in [1.54, 1.807) is 35.3 Å². The minimum Gasteiger partial charge on any atom is -0.478 e. The topological polar surface area (TPSA) is 126 Å². The van der Waals surface area contributed by atoms with Crippen LogP contribution in [0.1, 0.15) is 50.6 Å². The van der Waals surface area contributed by atoms with E-state index in [-0.39, 0.29) is 5.56 Å². The first-order valence-electron chi connectivity index (χ1n) is 12.6. The fraction of sp³-hybridized carbons (Fsp3) is 0.207. The molecule has 4 aromatic heterocycles. The molecule has 0 saturated heterocycles. The van der Waals surface area contributed by atoms with Crippen LogP contribution in [0.15, 0.2) is 67.1 Å². The smallest absolute Gasteiger partial charge is 0.335 e. The molecule has 4 heterocycles. The zero-order valence-electron chi connectivity index (χ0n) is 21.4. The molecule has 1 aliphatic rings. The van der Waals surface area contributed by atoms with Crippen LogP contribution < -0.4 is 5.32 Å². The van der Waals surface area contributed by atoms with Gasteiger partial charge < -0.3 is 15.5 Å². The molecule has 1 aliphatic carbocycles. The Kier molecular flexibility index (Phi) is 6.20. The Morgan fingerprint density at radius 2 is 1.95 bits per heavy atom. The molecule has 10 heteroatoms. The summed E-state index contributed by atoms with van der Waals surface area (Å²) >= 11 is 1.40. The monoisotopic (exact) mass is 538 g/mol. The number of nitrogens with one attached hydrogen (secondary N) is 1. The second-order valence-corrected chi connectivity index (χ2v) is 10.8. The van der Waals surface area contributed by atoms with Crippen molar-refractivity contribution in [2.75, 3.05) is 5.32 Å². The fourth-order valence-electron chi connectivity index (χ4n) is 4.99. The molecule has 0 spiro atoms. The number of rotatable bonds is 6. The Morgan fingerprint density at radius 1 is 1.08 bits per heavy atom. The summed E-state index contributed by atoms with van der Waals surface area (Å²) < 4.78 is 1.80. The fourth-order valence-corrected chi connectivity index (χ4v) is 6.00. The van der Waals surface area contributed by atoms with Crippen LogP contribution in [-0.2, 0) is 12.0 Å². The molecule has 3 N–H and O–H groups in total. The number of aromatic nitrogens is 5. The molecule has 1 aromatic carbocycles. The van der Waals surface area contributed by atoms with Gasteiger partial charge in [0.05, 0.1) is 27.5 Å². The van der Waals surface area contributed by atoms with Gasteiger partial charge in [0.1, 0.15) is 22.2 Å². The van der Waals surface area contributed by atoms with Gasteiger partial charge in [-0.25, -0.2) is 24.4 Å². The van der Waals surface area contributed by atoms with Crippen LogP contribution in [0.25, 0.3) is 16.3 Å². The third-order valence-electron chi connectivity index (χ3n) is 6.85. The normalized spacial score (nSPS) is 16.6. The minimum absolute atomic E-state index is 0.224. The molecule has 0 fully saturated rings. The predicted molar refractivity (Wildman–Crippen MR) is 149 cm³/mol. The number of benzene rings is 1. The first kappa shape index (κ1) is 24.9. The second kappa shape index (κ2) is 9.72. The average molecular weight is 539 g/mol. The van der Waals surface area contributed by atoms with Crippen molar-refractivity contribution in [2.45, 2.75) is 38.7 Å². The van der Waals surface area contributed by atoms with Crippen LogP contribution in [0.5, 0.6) is 0 Å². The summed E-state index contributed by atoms with van der Waals surface area (Å²) in [6.07, 6.45) is 7.35. The summed E-state index contributed by atoms with van der Waals surface area (Å²) in [5.74, 6) is 0.310. The lowest BCUT2D eigenvalue weighted by Crippen LogP contribution is -2.32. The van der Waals surface area contributed by atoms with Crippen LogP contribution in [-0.4, -0.2) is 40.9 Å². The van der Waals surface area contributed by atoms with Crippen molar-refractivity contribution in [1.29, 1.82) is 0 Å². The first-order chi connectivity index (χ1) is 18.8. The second-order valence-electron chi connectivity index (χ2n) is 9.76. The standard InChI is InChI=1S/C29H26N6O3S/c1-17-12-23(32-26(13-17)33-25-15-21(7-10-30-25)35-11-8-18(2)34-35)24-16-31-28(39-24)29(38)9-3-4-19-14-20(27(36)37)5-6-22(19)29/h5-8,10-16,38H,3-4,9H2,1-2H3,(H,36,37)(H,30,32,33). The van der Waals surface area contributed by atoms with Gasteiger partial charge in [0, 0.05) is 24.7 Å². The van der Waals surface area contributed by atoms with Gasteiger partial charge in [-0.2, -0.15) is 5.10 Å². The molecular formula is C29H26N6O3S. The van der Waals surface area contributed by atoms with Gasteiger partial charge in [-0.3, -0.25) is 0 Å². The largest absolute Gasteiger partial charge is 0.478 e. The van der Waals surface area contributed by atoms with E-state index in [1.807, 2.05) is 50.4 Å². The van der Waals surface area contributed by atoms with Crippen molar-refractivity contribution in [3.8, 4) is 16.3 Å². The molecule has 1 unspecified atom stereocenters. The zero-order valence-corrected chi connectivity index (χ0v) is 22.2. The molecule has 9 nitrogen and oxygen atoms in total. The molecule has 196 valence electrons. The highest BCUT2D eigenvalue weighted by Crippen LogP contribution is 2.43. The number of carboxylic acid groups (broad SMARTS) is 1. The first-order valence-corrected chi connectivity index (χ1v) is 13.4. The SMILES string of the molecule is Cc1cc(Nc2cc(-n3ccc(C)n3)ccn2)nc(-c2cnc(C3(O)CCCc4cc(C(=O)O)ccc43)s2)c1. The quantitative estimate of drug-likeness (QED) is 0.262. The van der Waals surface area contributed by atoms with E-state index in [2.05, 4.69) is 20.4 Å². The van der Waals surface area contributed by atoms with E-state index < -0.39 is 11.6 Å². The van der Waals surface area contributed by atoms with E-state index in [9.17, 15) is 15.0 Å². The van der Waals surface area contributed by atoms with Gasteiger partial charge in [0.2, 0.25) is 0 Å². The maximum Gasteiger partial charge on any atom is 0.335 e. The van der Waals surface area contributed by atoms with Crippen LogP contribution >= 0.6 is 11.3 Å². The summed E-state index contributed by atoms with van der Waals surface area (Å²) in [4.78, 5) is 26.1. The maximum atomic E-state index is 11.8. The van der Waals surface area contributed by atoms with Crippen molar-refractivity contribution in [1.82, 2.24) is 24.7 Å². The summed E-state index contributed by atoms with van der Waals surface area (Å²) in [7, 11) is 0. The van der Waals surface area contributed by atoms with Crippen molar-refractivity contribution in [3.05, 3.63) is 100 Å². The third-order valence-corrected chi connectivity index (χ3v) is 8.02. The van der Waals surface area contributed by atoms with Gasteiger partial charge in [-0.05, 0) is 86.2 Å². The Balaban J connectivity index is 1.29. The Bertz CT molecular complexity index is 1710. The number of aromatic carboxylic acids is 1. The van der Waals surface area contributed by atoms with Crippen LogP contribution in [0.4, 0.5) is 11.6 Å². The van der Waals surface area contributed by atoms with E-state index in [4.69, 9.17) is 4.98 Å². The summed E-state index contributed by atoms with van der Waals surface area (Å²) in [5, 5.41) is 29.5. The van der Waals surface area contributed by atoms with E-state index in [1.165, 1.54) is 11.3 Å². The number of aliphatic hydroxyl groups is 1. The molecule has 0 amide bonds. The number of anilines is 2. The number of pyridine rings is 2.